The maximum atomic E-state index is 11.7. The van der Waals surface area contributed by atoms with E-state index in [1.165, 1.54) is 12.8 Å². The molecule has 0 aliphatic carbocycles. The fraction of sp³-hybridized carbons (Fsp3) is 0.923. The molecule has 0 aromatic rings. The van der Waals surface area contributed by atoms with Gasteiger partial charge in [-0.2, -0.15) is 0 Å². The number of carbonyl (C=O) groups is 1. The van der Waals surface area contributed by atoms with Gasteiger partial charge in [0.25, 0.3) is 0 Å². The highest BCUT2D eigenvalue weighted by molar-refractivity contribution is 5.85. The van der Waals surface area contributed by atoms with Crippen LogP contribution in [0.4, 0.5) is 0 Å². The molecule has 1 amide bonds. The van der Waals surface area contributed by atoms with E-state index in [1.54, 1.807) is 0 Å². The zero-order valence-corrected chi connectivity index (χ0v) is 12.4. The molecule has 1 fully saturated rings. The Morgan fingerprint density at radius 3 is 2.53 bits per heavy atom. The fourth-order valence-electron chi connectivity index (χ4n) is 2.13. The van der Waals surface area contributed by atoms with Gasteiger partial charge in [0.2, 0.25) is 5.91 Å². The standard InChI is InChI=1S/C13H26N2O.ClH/c1-12(2,3)8-11(16)15-10-13(4)6-5-7-14-9-13;/h14H,5-10H2,1-4H3,(H,15,16);1H. The van der Waals surface area contributed by atoms with Crippen LogP contribution in [0.15, 0.2) is 0 Å². The molecule has 1 aliphatic rings. The zero-order chi connectivity index (χ0) is 12.2. The predicted molar refractivity (Wildman–Crippen MR) is 74.5 cm³/mol. The molecule has 4 heteroatoms. The highest BCUT2D eigenvalue weighted by Crippen LogP contribution is 2.24. The third kappa shape index (κ3) is 6.89. The normalized spacial score (nSPS) is 24.9. The first-order valence-corrected chi connectivity index (χ1v) is 6.28. The van der Waals surface area contributed by atoms with Crippen molar-refractivity contribution in [2.75, 3.05) is 19.6 Å². The van der Waals surface area contributed by atoms with E-state index in [1.807, 2.05) is 0 Å². The van der Waals surface area contributed by atoms with Crippen molar-refractivity contribution in [3.8, 4) is 0 Å². The third-order valence-corrected chi connectivity index (χ3v) is 3.09. The predicted octanol–water partition coefficient (Wildman–Crippen LogP) is 2.35. The van der Waals surface area contributed by atoms with Gasteiger partial charge in [0, 0.05) is 19.5 Å². The maximum absolute atomic E-state index is 11.7. The molecule has 1 unspecified atom stereocenters. The molecule has 1 atom stereocenters. The quantitative estimate of drug-likeness (QED) is 0.820. The minimum absolute atomic E-state index is 0. The zero-order valence-electron chi connectivity index (χ0n) is 11.6. The molecule has 0 spiro atoms. The van der Waals surface area contributed by atoms with Crippen LogP contribution < -0.4 is 10.6 Å². The molecule has 3 nitrogen and oxygen atoms in total. The molecule has 0 bridgehead atoms. The Hall–Kier alpha value is -0.280. The highest BCUT2D eigenvalue weighted by Gasteiger charge is 2.27. The summed E-state index contributed by atoms with van der Waals surface area (Å²) in [6.45, 7) is 11.5. The Morgan fingerprint density at radius 2 is 2.06 bits per heavy atom. The molecule has 1 heterocycles. The summed E-state index contributed by atoms with van der Waals surface area (Å²) in [7, 11) is 0. The summed E-state index contributed by atoms with van der Waals surface area (Å²) in [5.41, 5.74) is 0.321. The van der Waals surface area contributed by atoms with Crippen LogP contribution in [-0.2, 0) is 4.79 Å². The van der Waals surface area contributed by atoms with E-state index in [4.69, 9.17) is 0 Å². The van der Waals surface area contributed by atoms with E-state index in [0.717, 1.165) is 19.6 Å². The Labute approximate surface area is 112 Å². The van der Waals surface area contributed by atoms with Crippen LogP contribution in [0.2, 0.25) is 0 Å². The van der Waals surface area contributed by atoms with Crippen LogP contribution in [0.1, 0.15) is 47.0 Å². The Balaban J connectivity index is 0.00000256. The van der Waals surface area contributed by atoms with Gasteiger partial charge in [-0.1, -0.05) is 27.7 Å². The van der Waals surface area contributed by atoms with Crippen molar-refractivity contribution in [3.63, 3.8) is 0 Å². The van der Waals surface area contributed by atoms with Crippen molar-refractivity contribution in [3.05, 3.63) is 0 Å². The first-order chi connectivity index (χ1) is 7.31. The average molecular weight is 263 g/mol. The number of carbonyl (C=O) groups excluding carboxylic acids is 1. The number of piperidine rings is 1. The second kappa shape index (κ2) is 6.60. The summed E-state index contributed by atoms with van der Waals surface area (Å²) >= 11 is 0. The molecule has 1 aliphatic heterocycles. The van der Waals surface area contributed by atoms with Crippen molar-refractivity contribution in [2.24, 2.45) is 10.8 Å². The molecule has 2 N–H and O–H groups in total. The summed E-state index contributed by atoms with van der Waals surface area (Å²) < 4.78 is 0. The first kappa shape index (κ1) is 16.7. The topological polar surface area (TPSA) is 41.1 Å². The summed E-state index contributed by atoms with van der Waals surface area (Å²) in [6, 6.07) is 0. The smallest absolute Gasteiger partial charge is 0.220 e. The lowest BCUT2D eigenvalue weighted by Crippen LogP contribution is -2.46. The Morgan fingerprint density at radius 1 is 1.41 bits per heavy atom. The molecule has 1 rings (SSSR count). The van der Waals surface area contributed by atoms with Crippen molar-refractivity contribution in [2.45, 2.75) is 47.0 Å². The molecule has 102 valence electrons. The molecular formula is C13H27ClN2O. The summed E-state index contributed by atoms with van der Waals surface area (Å²) in [5.74, 6) is 0.180. The molecule has 1 saturated heterocycles. The van der Waals surface area contributed by atoms with Crippen LogP contribution in [0, 0.1) is 10.8 Å². The van der Waals surface area contributed by atoms with Gasteiger partial charge in [0.05, 0.1) is 0 Å². The second-order valence-corrected chi connectivity index (χ2v) is 6.61. The monoisotopic (exact) mass is 262 g/mol. The van der Waals surface area contributed by atoms with Crippen molar-refractivity contribution in [1.29, 1.82) is 0 Å². The highest BCUT2D eigenvalue weighted by atomic mass is 35.5. The van der Waals surface area contributed by atoms with Gasteiger partial charge in [-0.25, -0.2) is 0 Å². The maximum Gasteiger partial charge on any atom is 0.220 e. The average Bonchev–Trinajstić information content (AvgIpc) is 2.14. The van der Waals surface area contributed by atoms with Gasteiger partial charge in [0.1, 0.15) is 0 Å². The molecule has 0 aromatic heterocycles. The SMILES string of the molecule is CC(C)(C)CC(=O)NCC1(C)CCCNC1.Cl. The lowest BCUT2D eigenvalue weighted by atomic mass is 9.82. The van der Waals surface area contributed by atoms with Crippen LogP contribution in [-0.4, -0.2) is 25.5 Å². The van der Waals surface area contributed by atoms with Gasteiger partial charge < -0.3 is 10.6 Å². The lowest BCUT2D eigenvalue weighted by Gasteiger charge is -2.34. The van der Waals surface area contributed by atoms with Gasteiger partial charge in [0.15, 0.2) is 0 Å². The summed E-state index contributed by atoms with van der Waals surface area (Å²) in [4.78, 5) is 11.7. The number of halogens is 1. The third-order valence-electron chi connectivity index (χ3n) is 3.09. The number of amides is 1. The van der Waals surface area contributed by atoms with Crippen molar-refractivity contribution in [1.82, 2.24) is 10.6 Å². The molecule has 17 heavy (non-hydrogen) atoms. The number of hydrogen-bond donors (Lipinski definition) is 2. The Bertz CT molecular complexity index is 242. The fourth-order valence-corrected chi connectivity index (χ4v) is 2.13. The van der Waals surface area contributed by atoms with E-state index in [9.17, 15) is 4.79 Å². The van der Waals surface area contributed by atoms with Gasteiger partial charge in [-0.05, 0) is 30.2 Å². The van der Waals surface area contributed by atoms with E-state index < -0.39 is 0 Å². The lowest BCUT2D eigenvalue weighted by molar-refractivity contribution is -0.123. The molecule has 0 saturated carbocycles. The van der Waals surface area contributed by atoms with Crippen LogP contribution in [0.3, 0.4) is 0 Å². The Kier molecular flexibility index (Phi) is 6.49. The molecule has 0 aromatic carbocycles. The van der Waals surface area contributed by atoms with Gasteiger partial charge in [-0.15, -0.1) is 12.4 Å². The number of hydrogen-bond acceptors (Lipinski definition) is 2. The minimum atomic E-state index is 0. The van der Waals surface area contributed by atoms with Gasteiger partial charge >= 0.3 is 0 Å². The number of rotatable bonds is 3. The number of nitrogens with one attached hydrogen (secondary N) is 2. The van der Waals surface area contributed by atoms with Gasteiger partial charge in [-0.3, -0.25) is 4.79 Å². The summed E-state index contributed by atoms with van der Waals surface area (Å²) in [6.07, 6.45) is 3.03. The van der Waals surface area contributed by atoms with E-state index in [0.29, 0.717) is 6.42 Å². The largest absolute Gasteiger partial charge is 0.355 e. The van der Waals surface area contributed by atoms with Crippen LogP contribution >= 0.6 is 12.4 Å². The molecule has 0 radical (unpaired) electrons. The minimum Gasteiger partial charge on any atom is -0.355 e. The van der Waals surface area contributed by atoms with Crippen LogP contribution in [0.5, 0.6) is 0 Å². The van der Waals surface area contributed by atoms with Crippen molar-refractivity contribution >= 4 is 18.3 Å². The second-order valence-electron chi connectivity index (χ2n) is 6.61. The van der Waals surface area contributed by atoms with E-state index in [2.05, 4.69) is 38.3 Å². The molecular weight excluding hydrogens is 236 g/mol. The van der Waals surface area contributed by atoms with E-state index >= 15 is 0 Å². The first-order valence-electron chi connectivity index (χ1n) is 6.28. The van der Waals surface area contributed by atoms with E-state index in [-0.39, 0.29) is 29.1 Å². The van der Waals surface area contributed by atoms with Crippen LogP contribution in [0.25, 0.3) is 0 Å². The summed E-state index contributed by atoms with van der Waals surface area (Å²) in [5, 5.41) is 6.47. The van der Waals surface area contributed by atoms with Crippen molar-refractivity contribution < 1.29 is 4.79 Å².